The molecule has 1 aliphatic carbocycles. The molecule has 1 aliphatic rings. The molecule has 0 bridgehead atoms. The van der Waals surface area contributed by atoms with E-state index in [1.54, 1.807) is 30.4 Å². The molecule has 2 amide bonds. The molecule has 5 nitrogen and oxygen atoms in total. The number of hydrogen-bond donors (Lipinski definition) is 3. The second kappa shape index (κ2) is 8.43. The highest BCUT2D eigenvalue weighted by Crippen LogP contribution is 2.25. The second-order valence-electron chi connectivity index (χ2n) is 7.30. The summed E-state index contributed by atoms with van der Waals surface area (Å²) in [5.41, 5.74) is 2.04. The molecule has 7 heteroatoms. The summed E-state index contributed by atoms with van der Waals surface area (Å²) in [6.45, 7) is 0. The van der Waals surface area contributed by atoms with Gasteiger partial charge >= 0.3 is 6.03 Å². The van der Waals surface area contributed by atoms with Gasteiger partial charge in [0.2, 0.25) is 0 Å². The number of nitrogens with zero attached hydrogens (tertiary/aromatic N) is 1. The van der Waals surface area contributed by atoms with Crippen LogP contribution in [0.3, 0.4) is 0 Å². The minimum Gasteiger partial charge on any atom is -0.335 e. The number of benzene rings is 2. The molecule has 2 aromatic carbocycles. The Bertz CT molecular complexity index is 1040. The summed E-state index contributed by atoms with van der Waals surface area (Å²) in [7, 11) is 0. The number of rotatable bonds is 4. The van der Waals surface area contributed by atoms with Crippen molar-refractivity contribution < 1.29 is 13.6 Å². The van der Waals surface area contributed by atoms with E-state index in [0.29, 0.717) is 16.6 Å². The molecule has 0 atom stereocenters. The summed E-state index contributed by atoms with van der Waals surface area (Å²) < 4.78 is 27.4. The number of carbonyl (C=O) groups is 1. The predicted octanol–water partition coefficient (Wildman–Crippen LogP) is 5.47. The van der Waals surface area contributed by atoms with Crippen molar-refractivity contribution in [1.82, 2.24) is 15.5 Å². The predicted molar refractivity (Wildman–Crippen MR) is 110 cm³/mol. The molecule has 29 heavy (non-hydrogen) atoms. The van der Waals surface area contributed by atoms with E-state index in [-0.39, 0.29) is 17.5 Å². The van der Waals surface area contributed by atoms with Gasteiger partial charge in [-0.3, -0.25) is 5.10 Å². The van der Waals surface area contributed by atoms with Crippen LogP contribution in [0.2, 0.25) is 0 Å². The lowest BCUT2D eigenvalue weighted by atomic mass is 9.96. The van der Waals surface area contributed by atoms with Crippen LogP contribution < -0.4 is 10.6 Å². The lowest BCUT2D eigenvalue weighted by molar-refractivity contribution is 0.244. The molecule has 0 radical (unpaired) electrons. The van der Waals surface area contributed by atoms with Gasteiger partial charge in [0.15, 0.2) is 0 Å². The second-order valence-corrected chi connectivity index (χ2v) is 7.30. The first-order chi connectivity index (χ1) is 14.1. The van der Waals surface area contributed by atoms with Gasteiger partial charge < -0.3 is 10.6 Å². The number of aromatic amines is 1. The maximum Gasteiger partial charge on any atom is 0.319 e. The van der Waals surface area contributed by atoms with Crippen molar-refractivity contribution >= 4 is 34.8 Å². The molecule has 0 unspecified atom stereocenters. The first-order valence-electron chi connectivity index (χ1n) is 9.77. The van der Waals surface area contributed by atoms with Crippen LogP contribution in [0, 0.1) is 11.6 Å². The average molecular weight is 396 g/mol. The first kappa shape index (κ1) is 19.1. The summed E-state index contributed by atoms with van der Waals surface area (Å²) in [5, 5.41) is 13.2. The molecular formula is C22H22F2N4O. The summed E-state index contributed by atoms with van der Waals surface area (Å²) in [6.07, 6.45) is 8.86. The number of halogens is 2. The van der Waals surface area contributed by atoms with Crippen LogP contribution in [-0.4, -0.2) is 22.3 Å². The number of fused-ring (bicyclic) bond motifs is 1. The fourth-order valence-electron chi connectivity index (χ4n) is 3.62. The number of amides is 2. The van der Waals surface area contributed by atoms with Crippen molar-refractivity contribution in [3.8, 4) is 0 Å². The number of carbonyl (C=O) groups excluding carboxylic acids is 1. The largest absolute Gasteiger partial charge is 0.335 e. The van der Waals surface area contributed by atoms with Gasteiger partial charge in [0, 0.05) is 17.5 Å². The van der Waals surface area contributed by atoms with Gasteiger partial charge in [0.1, 0.15) is 11.6 Å². The Morgan fingerprint density at radius 1 is 1.07 bits per heavy atom. The van der Waals surface area contributed by atoms with Crippen molar-refractivity contribution in [2.45, 2.75) is 38.1 Å². The molecule has 0 saturated heterocycles. The highest BCUT2D eigenvalue weighted by molar-refractivity contribution is 5.96. The normalized spacial score (nSPS) is 15.1. The summed E-state index contributed by atoms with van der Waals surface area (Å²) in [5.74, 6) is -0.834. The molecular weight excluding hydrogens is 374 g/mol. The van der Waals surface area contributed by atoms with Crippen LogP contribution >= 0.6 is 0 Å². The smallest absolute Gasteiger partial charge is 0.319 e. The summed E-state index contributed by atoms with van der Waals surface area (Å²) in [6, 6.07) is 8.69. The number of anilines is 1. The van der Waals surface area contributed by atoms with E-state index in [1.807, 2.05) is 0 Å². The number of hydrogen-bond acceptors (Lipinski definition) is 2. The maximum atomic E-state index is 14.4. The third kappa shape index (κ3) is 4.62. The minimum absolute atomic E-state index is 0.101. The van der Waals surface area contributed by atoms with E-state index in [4.69, 9.17) is 0 Å². The molecule has 1 aromatic heterocycles. The van der Waals surface area contributed by atoms with Crippen LogP contribution in [-0.2, 0) is 0 Å². The zero-order chi connectivity index (χ0) is 20.2. The number of aromatic nitrogens is 2. The monoisotopic (exact) mass is 396 g/mol. The molecule has 3 aromatic rings. The van der Waals surface area contributed by atoms with Crippen molar-refractivity contribution in [2.24, 2.45) is 0 Å². The summed E-state index contributed by atoms with van der Waals surface area (Å²) in [4.78, 5) is 12.3. The van der Waals surface area contributed by atoms with Gasteiger partial charge in [0.25, 0.3) is 0 Å². The van der Waals surface area contributed by atoms with Gasteiger partial charge in [-0.15, -0.1) is 0 Å². The van der Waals surface area contributed by atoms with Crippen molar-refractivity contribution in [1.29, 1.82) is 0 Å². The fraction of sp³-hybridized carbons (Fsp3) is 0.273. The zero-order valence-electron chi connectivity index (χ0n) is 15.8. The lowest BCUT2D eigenvalue weighted by Gasteiger charge is -2.22. The SMILES string of the molecule is O=C(Nc1cc2c(/C=C/c3ccc(F)cc3)n[nH]c2cc1F)NC1CCCCC1. The number of H-pyrrole nitrogens is 1. The minimum atomic E-state index is -0.533. The highest BCUT2D eigenvalue weighted by Gasteiger charge is 2.17. The van der Waals surface area contributed by atoms with Gasteiger partial charge in [-0.25, -0.2) is 13.6 Å². The zero-order valence-corrected chi connectivity index (χ0v) is 15.8. The van der Waals surface area contributed by atoms with Gasteiger partial charge in [-0.1, -0.05) is 37.5 Å². The van der Waals surface area contributed by atoms with E-state index in [9.17, 15) is 13.6 Å². The Balaban J connectivity index is 1.52. The Hall–Kier alpha value is -3.22. The highest BCUT2D eigenvalue weighted by atomic mass is 19.1. The Kier molecular flexibility index (Phi) is 5.55. The molecule has 1 fully saturated rings. The number of nitrogens with one attached hydrogen (secondary N) is 3. The first-order valence-corrected chi connectivity index (χ1v) is 9.77. The molecule has 0 aliphatic heterocycles. The molecule has 1 saturated carbocycles. The van der Waals surface area contributed by atoms with Crippen LogP contribution in [0.4, 0.5) is 19.3 Å². The van der Waals surface area contributed by atoms with Gasteiger partial charge in [-0.05, 0) is 42.7 Å². The fourth-order valence-corrected chi connectivity index (χ4v) is 3.62. The van der Waals surface area contributed by atoms with Crippen LogP contribution in [0.15, 0.2) is 36.4 Å². The van der Waals surface area contributed by atoms with E-state index in [2.05, 4.69) is 20.8 Å². The van der Waals surface area contributed by atoms with E-state index < -0.39 is 11.8 Å². The topological polar surface area (TPSA) is 69.8 Å². The van der Waals surface area contributed by atoms with E-state index >= 15 is 0 Å². The van der Waals surface area contributed by atoms with Crippen molar-refractivity contribution in [2.75, 3.05) is 5.32 Å². The van der Waals surface area contributed by atoms with Gasteiger partial charge in [0.05, 0.1) is 16.9 Å². The quantitative estimate of drug-likeness (QED) is 0.548. The molecule has 150 valence electrons. The third-order valence-corrected chi connectivity index (χ3v) is 5.17. The molecule has 3 N–H and O–H groups in total. The standard InChI is InChI=1S/C22H22F2N4O/c23-15-9-6-14(7-10-15)8-11-19-17-12-21(18(24)13-20(17)28-27-19)26-22(29)25-16-4-2-1-3-5-16/h6-13,16H,1-5H2,(H,27,28)(H2,25,26,29)/b11-8+. The molecule has 4 rings (SSSR count). The lowest BCUT2D eigenvalue weighted by Crippen LogP contribution is -2.39. The van der Waals surface area contributed by atoms with Gasteiger partial charge in [-0.2, -0.15) is 5.10 Å². The van der Waals surface area contributed by atoms with E-state index in [1.165, 1.54) is 24.6 Å². The number of urea groups is 1. The average Bonchev–Trinajstić information content (AvgIpc) is 3.10. The van der Waals surface area contributed by atoms with Crippen molar-refractivity contribution in [3.63, 3.8) is 0 Å². The maximum absolute atomic E-state index is 14.4. The molecule has 1 heterocycles. The Labute approximate surface area is 167 Å². The van der Waals surface area contributed by atoms with Crippen LogP contribution in [0.5, 0.6) is 0 Å². The van der Waals surface area contributed by atoms with Crippen molar-refractivity contribution in [3.05, 3.63) is 59.3 Å². The summed E-state index contributed by atoms with van der Waals surface area (Å²) >= 11 is 0. The van der Waals surface area contributed by atoms with Crippen LogP contribution in [0.25, 0.3) is 23.1 Å². The Morgan fingerprint density at radius 3 is 2.59 bits per heavy atom. The van der Waals surface area contributed by atoms with Crippen LogP contribution in [0.1, 0.15) is 43.4 Å². The Morgan fingerprint density at radius 2 is 1.83 bits per heavy atom. The van der Waals surface area contributed by atoms with E-state index in [0.717, 1.165) is 31.2 Å². The third-order valence-electron chi connectivity index (χ3n) is 5.17. The molecule has 0 spiro atoms.